The summed E-state index contributed by atoms with van der Waals surface area (Å²) in [5.74, 6) is 0.175. The average Bonchev–Trinajstić information content (AvgIpc) is 2.33. The maximum atomic E-state index is 12.8. The van der Waals surface area contributed by atoms with Crippen LogP contribution in [0.15, 0.2) is 23.1 Å². The molecule has 0 saturated heterocycles. The van der Waals surface area contributed by atoms with Gasteiger partial charge in [0.2, 0.25) is 10.0 Å². The minimum Gasteiger partial charge on any atom is -0.398 e. The molecule has 0 aliphatic rings. The number of rotatable bonds is 6. The second-order valence-corrected chi connectivity index (χ2v) is 7.03. The molecule has 0 unspecified atom stereocenters. The zero-order chi connectivity index (χ0) is 15.3. The zero-order valence-electron chi connectivity index (χ0n) is 12.1. The average molecular weight is 295 g/mol. The smallest absolute Gasteiger partial charge is 0.245 e. The predicted molar refractivity (Wildman–Crippen MR) is 79.4 cm³/mol. The van der Waals surface area contributed by atoms with Gasteiger partial charge in [0.05, 0.1) is 11.8 Å². The molecular weight excluding hydrogens is 274 g/mol. The Labute approximate surface area is 121 Å². The molecule has 0 fully saturated rings. The molecule has 0 bridgehead atoms. The molecule has 20 heavy (non-hydrogen) atoms. The summed E-state index contributed by atoms with van der Waals surface area (Å²) < 4.78 is 26.9. The van der Waals surface area contributed by atoms with Gasteiger partial charge in [0.1, 0.15) is 4.90 Å². The summed E-state index contributed by atoms with van der Waals surface area (Å²) in [4.78, 5) is 0.151. The van der Waals surface area contributed by atoms with E-state index in [0.717, 1.165) is 0 Å². The van der Waals surface area contributed by atoms with Crippen LogP contribution >= 0.6 is 0 Å². The summed E-state index contributed by atoms with van der Waals surface area (Å²) in [5.41, 5.74) is 6.70. The Bertz CT molecular complexity index is 583. The summed E-state index contributed by atoms with van der Waals surface area (Å²) >= 11 is 0. The lowest BCUT2D eigenvalue weighted by Gasteiger charge is -2.24. The number of hydrogen-bond acceptors (Lipinski definition) is 4. The zero-order valence-corrected chi connectivity index (χ0v) is 12.9. The predicted octanol–water partition coefficient (Wildman–Crippen LogP) is 2.14. The number of sulfonamides is 1. The molecule has 1 rings (SSSR count). The minimum atomic E-state index is -3.67. The number of nitrogens with zero attached hydrogens (tertiary/aromatic N) is 2. The number of anilines is 1. The first-order chi connectivity index (χ1) is 9.30. The third-order valence-electron chi connectivity index (χ3n) is 2.88. The van der Waals surface area contributed by atoms with Crippen molar-refractivity contribution >= 4 is 15.7 Å². The lowest BCUT2D eigenvalue weighted by molar-refractivity contribution is 0.373. The Kier molecular flexibility index (Phi) is 5.54. The van der Waals surface area contributed by atoms with Crippen molar-refractivity contribution in [3.05, 3.63) is 23.8 Å². The fraction of sp³-hybridized carbons (Fsp3) is 0.500. The highest BCUT2D eigenvalue weighted by molar-refractivity contribution is 7.89. The number of hydrogen-bond donors (Lipinski definition) is 1. The van der Waals surface area contributed by atoms with E-state index in [0.29, 0.717) is 12.1 Å². The Balaban J connectivity index is 3.26. The highest BCUT2D eigenvalue weighted by Gasteiger charge is 2.28. The summed E-state index contributed by atoms with van der Waals surface area (Å²) in [6, 6.07) is 7.02. The molecule has 2 N–H and O–H groups in total. The van der Waals surface area contributed by atoms with E-state index < -0.39 is 10.0 Å². The minimum absolute atomic E-state index is 0.151. The quantitative estimate of drug-likeness (QED) is 0.814. The van der Waals surface area contributed by atoms with Crippen molar-refractivity contribution in [2.45, 2.75) is 32.1 Å². The maximum absolute atomic E-state index is 12.8. The van der Waals surface area contributed by atoms with Crippen LogP contribution in [-0.2, 0) is 10.0 Å². The Morgan fingerprint density at radius 1 is 1.40 bits per heavy atom. The van der Waals surface area contributed by atoms with Crippen molar-refractivity contribution in [3.8, 4) is 6.07 Å². The largest absolute Gasteiger partial charge is 0.398 e. The van der Waals surface area contributed by atoms with Gasteiger partial charge in [0.15, 0.2) is 0 Å². The molecule has 110 valence electrons. The summed E-state index contributed by atoms with van der Waals surface area (Å²) in [7, 11) is -3.67. The molecule has 0 atom stereocenters. The van der Waals surface area contributed by atoms with Gasteiger partial charge in [-0.3, -0.25) is 0 Å². The fourth-order valence-corrected chi connectivity index (χ4v) is 3.97. The SMILES string of the molecule is Cc1cccc(N)c1S(=O)(=O)N(CCC#N)CC(C)C. The van der Waals surface area contributed by atoms with E-state index in [-0.39, 0.29) is 29.5 Å². The number of benzene rings is 1. The van der Waals surface area contributed by atoms with E-state index in [1.807, 2.05) is 19.9 Å². The van der Waals surface area contributed by atoms with Crippen LogP contribution < -0.4 is 5.73 Å². The molecule has 0 heterocycles. The third kappa shape index (κ3) is 3.71. The van der Waals surface area contributed by atoms with Crippen molar-refractivity contribution in [1.82, 2.24) is 4.31 Å². The monoisotopic (exact) mass is 295 g/mol. The number of nitrogen functional groups attached to an aromatic ring is 1. The summed E-state index contributed by atoms with van der Waals surface area (Å²) in [6.07, 6.45) is 0.164. The van der Waals surface area contributed by atoms with E-state index in [1.54, 1.807) is 25.1 Å². The van der Waals surface area contributed by atoms with Crippen LogP contribution in [0.25, 0.3) is 0 Å². The molecule has 0 aliphatic carbocycles. The van der Waals surface area contributed by atoms with Crippen LogP contribution in [0, 0.1) is 24.2 Å². The molecule has 1 aromatic carbocycles. The van der Waals surface area contributed by atoms with Gasteiger partial charge in [-0.05, 0) is 24.5 Å². The van der Waals surface area contributed by atoms with Crippen molar-refractivity contribution < 1.29 is 8.42 Å². The number of nitrogens with two attached hydrogens (primary N) is 1. The van der Waals surface area contributed by atoms with Gasteiger partial charge >= 0.3 is 0 Å². The van der Waals surface area contributed by atoms with Crippen molar-refractivity contribution in [2.75, 3.05) is 18.8 Å². The van der Waals surface area contributed by atoms with Gasteiger partial charge in [0, 0.05) is 19.5 Å². The molecule has 0 aromatic heterocycles. The Morgan fingerprint density at radius 3 is 2.55 bits per heavy atom. The Morgan fingerprint density at radius 2 is 2.05 bits per heavy atom. The first kappa shape index (κ1) is 16.5. The topological polar surface area (TPSA) is 87.2 Å². The van der Waals surface area contributed by atoms with E-state index in [4.69, 9.17) is 11.0 Å². The van der Waals surface area contributed by atoms with E-state index >= 15 is 0 Å². The molecule has 0 spiro atoms. The van der Waals surface area contributed by atoms with Crippen LogP contribution in [0.2, 0.25) is 0 Å². The van der Waals surface area contributed by atoms with Crippen LogP contribution in [0.1, 0.15) is 25.8 Å². The lowest BCUT2D eigenvalue weighted by atomic mass is 10.2. The lowest BCUT2D eigenvalue weighted by Crippen LogP contribution is -2.35. The molecule has 0 amide bonds. The number of aryl methyl sites for hydroxylation is 1. The van der Waals surface area contributed by atoms with Crippen LogP contribution in [0.5, 0.6) is 0 Å². The van der Waals surface area contributed by atoms with Gasteiger partial charge in [-0.2, -0.15) is 9.57 Å². The molecule has 0 saturated carbocycles. The van der Waals surface area contributed by atoms with Crippen molar-refractivity contribution in [1.29, 1.82) is 5.26 Å². The molecular formula is C14H21N3O2S. The molecule has 0 radical (unpaired) electrons. The van der Waals surface area contributed by atoms with Gasteiger partial charge in [-0.15, -0.1) is 0 Å². The van der Waals surface area contributed by atoms with E-state index in [1.165, 1.54) is 4.31 Å². The van der Waals surface area contributed by atoms with Crippen LogP contribution in [0.3, 0.4) is 0 Å². The molecule has 5 nitrogen and oxygen atoms in total. The highest BCUT2D eigenvalue weighted by atomic mass is 32.2. The molecule has 6 heteroatoms. The standard InChI is InChI=1S/C14H21N3O2S/c1-11(2)10-17(9-5-8-15)20(18,19)14-12(3)6-4-7-13(14)16/h4,6-7,11H,5,9-10,16H2,1-3H3. The van der Waals surface area contributed by atoms with Crippen LogP contribution in [0.4, 0.5) is 5.69 Å². The van der Waals surface area contributed by atoms with Gasteiger partial charge in [0.25, 0.3) is 0 Å². The van der Waals surface area contributed by atoms with Gasteiger partial charge in [-0.1, -0.05) is 26.0 Å². The van der Waals surface area contributed by atoms with Crippen molar-refractivity contribution in [2.24, 2.45) is 5.92 Å². The maximum Gasteiger partial charge on any atom is 0.245 e. The summed E-state index contributed by atoms with van der Waals surface area (Å²) in [5, 5.41) is 8.70. The molecule has 1 aromatic rings. The van der Waals surface area contributed by atoms with Crippen LogP contribution in [-0.4, -0.2) is 25.8 Å². The van der Waals surface area contributed by atoms with E-state index in [9.17, 15) is 8.42 Å². The normalized spacial score (nSPS) is 11.8. The first-order valence-electron chi connectivity index (χ1n) is 6.53. The van der Waals surface area contributed by atoms with E-state index in [2.05, 4.69) is 0 Å². The second-order valence-electron chi connectivity index (χ2n) is 5.16. The molecule has 0 aliphatic heterocycles. The second kappa shape index (κ2) is 6.73. The number of nitriles is 1. The third-order valence-corrected chi connectivity index (χ3v) is 4.97. The van der Waals surface area contributed by atoms with Gasteiger partial charge < -0.3 is 5.73 Å². The Hall–Kier alpha value is -1.58. The fourth-order valence-electron chi connectivity index (χ4n) is 2.05. The van der Waals surface area contributed by atoms with Gasteiger partial charge in [-0.25, -0.2) is 8.42 Å². The first-order valence-corrected chi connectivity index (χ1v) is 7.97. The highest BCUT2D eigenvalue weighted by Crippen LogP contribution is 2.26. The summed E-state index contributed by atoms with van der Waals surface area (Å²) in [6.45, 7) is 6.16. The van der Waals surface area contributed by atoms with Crippen molar-refractivity contribution in [3.63, 3.8) is 0 Å².